The van der Waals surface area contributed by atoms with Crippen molar-refractivity contribution in [1.82, 2.24) is 0 Å². The van der Waals surface area contributed by atoms with Gasteiger partial charge in [0.05, 0.1) is 28.2 Å². The number of fused-ring (bicyclic) bond motifs is 20. The summed E-state index contributed by atoms with van der Waals surface area (Å²) in [6.45, 7) is 9.52. The topological polar surface area (TPSA) is 9.72 Å². The van der Waals surface area contributed by atoms with Crippen LogP contribution in [-0.2, 0) is 16.2 Å². The molecule has 13 aromatic carbocycles. The molecule has 1 atom stereocenters. The second-order valence-electron chi connectivity index (χ2n) is 25.1. The van der Waals surface area contributed by atoms with Crippen molar-refractivity contribution in [2.45, 2.75) is 43.9 Å². The Morgan fingerprint density at radius 2 is 0.885 bits per heavy atom. The molecule has 0 saturated heterocycles. The summed E-state index contributed by atoms with van der Waals surface area (Å²) in [6.07, 6.45) is 0. The van der Waals surface area contributed by atoms with Crippen LogP contribution in [0.2, 0.25) is 0 Å². The van der Waals surface area contributed by atoms with E-state index in [0.717, 1.165) is 39.8 Å². The molecule has 0 N–H and O–H groups in total. The minimum atomic E-state index is -0.657. The van der Waals surface area contributed by atoms with Crippen LogP contribution in [0.5, 0.6) is 0 Å². The maximum atomic E-state index is 2.57. The number of hydrogen-bond donors (Lipinski definition) is 0. The van der Waals surface area contributed by atoms with Gasteiger partial charge in [-0.1, -0.05) is 222 Å². The summed E-state index contributed by atoms with van der Waals surface area (Å²) < 4.78 is 2.49. The number of anilines is 9. The summed E-state index contributed by atoms with van der Waals surface area (Å²) in [5.41, 5.74) is 27.7. The average Bonchev–Trinajstić information content (AvgIpc) is 1.60. The third-order valence-electron chi connectivity index (χ3n) is 20.0. The van der Waals surface area contributed by atoms with Crippen LogP contribution in [0.3, 0.4) is 0 Å². The number of rotatable bonds is 7. The predicted molar refractivity (Wildman–Crippen MR) is 367 cm³/mol. The smallest absolute Gasteiger partial charge is 0.0755 e. The van der Waals surface area contributed by atoms with Crippen LogP contribution < -0.4 is 14.7 Å². The van der Waals surface area contributed by atoms with E-state index in [2.05, 4.69) is 328 Å². The molecule has 1 unspecified atom stereocenters. The molecule has 3 aliphatic carbocycles. The Labute approximate surface area is 511 Å². The fourth-order valence-electron chi connectivity index (χ4n) is 16.2. The van der Waals surface area contributed by atoms with E-state index in [9.17, 15) is 0 Å². The number of para-hydroxylation sites is 3. The van der Waals surface area contributed by atoms with E-state index in [-0.39, 0.29) is 10.8 Å². The summed E-state index contributed by atoms with van der Waals surface area (Å²) >= 11 is 1.88. The summed E-state index contributed by atoms with van der Waals surface area (Å²) in [5.74, 6) is 0. The first-order valence-electron chi connectivity index (χ1n) is 30.5. The highest BCUT2D eigenvalue weighted by Gasteiger charge is 2.53. The van der Waals surface area contributed by atoms with Gasteiger partial charge in [-0.2, -0.15) is 0 Å². The lowest BCUT2D eigenvalue weighted by Gasteiger charge is -2.45. The van der Waals surface area contributed by atoms with Gasteiger partial charge in [0.2, 0.25) is 0 Å². The molecule has 4 heteroatoms. The van der Waals surface area contributed by atoms with Crippen molar-refractivity contribution < 1.29 is 0 Å². The normalized spacial score (nSPS) is 15.8. The first-order valence-corrected chi connectivity index (χ1v) is 31.3. The van der Waals surface area contributed by atoms with Crippen molar-refractivity contribution in [1.29, 1.82) is 0 Å². The quantitative estimate of drug-likeness (QED) is 0.157. The van der Waals surface area contributed by atoms with Crippen molar-refractivity contribution in [3.63, 3.8) is 0 Å². The van der Waals surface area contributed by atoms with Crippen LogP contribution in [0, 0.1) is 0 Å². The fourth-order valence-corrected chi connectivity index (χ4v) is 17.3. The first kappa shape index (κ1) is 50.1. The molecule has 0 bridgehead atoms. The third-order valence-corrected chi connectivity index (χ3v) is 21.1. The Kier molecular flexibility index (Phi) is 10.6. The third kappa shape index (κ3) is 6.88. The van der Waals surface area contributed by atoms with Crippen LogP contribution in [0.25, 0.3) is 64.3 Å². The van der Waals surface area contributed by atoms with Crippen LogP contribution >= 0.6 is 11.3 Å². The van der Waals surface area contributed by atoms with E-state index >= 15 is 0 Å². The van der Waals surface area contributed by atoms with Gasteiger partial charge in [0.25, 0.3) is 0 Å². The van der Waals surface area contributed by atoms with Gasteiger partial charge in [0.1, 0.15) is 0 Å². The molecule has 0 fully saturated rings. The minimum Gasteiger partial charge on any atom is -0.310 e. The van der Waals surface area contributed by atoms with E-state index in [4.69, 9.17) is 0 Å². The van der Waals surface area contributed by atoms with E-state index in [1.54, 1.807) is 0 Å². The molecular formula is C83H59N3S. The zero-order valence-electron chi connectivity index (χ0n) is 48.9. The summed E-state index contributed by atoms with van der Waals surface area (Å²) in [7, 11) is 0. The zero-order valence-corrected chi connectivity index (χ0v) is 49.7. The highest BCUT2D eigenvalue weighted by molar-refractivity contribution is 7.26. The molecule has 87 heavy (non-hydrogen) atoms. The van der Waals surface area contributed by atoms with Gasteiger partial charge in [0, 0.05) is 70.4 Å². The standard InChI is InChI=1S/C83H59N3S/c1-81(2)66-33-17-14-30-60(66)63-49-55(43-47-67(63)81)84(57-42-45-61-59-29-13-16-32-65(59)82(3,4)72(61)51-57)56-44-48-76-64(50-56)79-75(39-22-40-77(79)87-76)85(53-24-7-5-8-25-53)74-38-21-36-70-78(74)62-31-15-18-34-68(62)83(70)69-35-19-20-37-73(69)86(54-26-9-6-10-27-54)80-58-28-12-11-23-52(58)41-46-71(80)83/h5-51H,1-4H3. The molecule has 0 radical (unpaired) electrons. The molecule has 0 saturated carbocycles. The van der Waals surface area contributed by atoms with Crippen molar-refractivity contribution in [2.24, 2.45) is 0 Å². The van der Waals surface area contributed by atoms with Crippen molar-refractivity contribution in [3.05, 3.63) is 330 Å². The molecule has 3 nitrogen and oxygen atoms in total. The Morgan fingerprint density at radius 1 is 0.322 bits per heavy atom. The van der Waals surface area contributed by atoms with Gasteiger partial charge < -0.3 is 14.7 Å². The molecule has 1 spiro atoms. The summed E-state index contributed by atoms with van der Waals surface area (Å²) in [5, 5.41) is 4.90. The molecule has 1 aromatic heterocycles. The lowest BCUT2D eigenvalue weighted by molar-refractivity contribution is 0.660. The maximum Gasteiger partial charge on any atom is 0.0755 e. The van der Waals surface area contributed by atoms with Crippen molar-refractivity contribution in [3.8, 4) is 33.4 Å². The van der Waals surface area contributed by atoms with Gasteiger partial charge in [-0.05, 0) is 169 Å². The number of nitrogens with zero attached hydrogens (tertiary/aromatic N) is 3. The Balaban J connectivity index is 0.872. The first-order chi connectivity index (χ1) is 42.7. The van der Waals surface area contributed by atoms with Gasteiger partial charge >= 0.3 is 0 Å². The Hall–Kier alpha value is -10.3. The number of hydrogen-bond acceptors (Lipinski definition) is 4. The van der Waals surface area contributed by atoms with Gasteiger partial charge in [0.15, 0.2) is 0 Å². The Bertz CT molecular complexity index is 5210. The summed E-state index contributed by atoms with van der Waals surface area (Å²) in [4.78, 5) is 7.61. The molecule has 18 rings (SSSR count). The van der Waals surface area contributed by atoms with Gasteiger partial charge in [-0.15, -0.1) is 11.3 Å². The monoisotopic (exact) mass is 1130 g/mol. The molecule has 4 aliphatic rings. The van der Waals surface area contributed by atoms with E-state index in [1.807, 2.05) is 11.3 Å². The van der Waals surface area contributed by atoms with E-state index in [1.165, 1.54) is 120 Å². The zero-order chi connectivity index (χ0) is 57.9. The SMILES string of the molecule is CC1(C)c2ccccc2-c2cc(N(c3ccc4c(c3)C(C)(C)c3ccccc3-4)c3ccc4sc5cccc(N(c6ccccc6)c6cccc7c6-c6ccccc6C76c7ccccc7N(c7ccccc7)c7c6ccc6ccccc76)c5c4c3)ccc21. The second-order valence-corrected chi connectivity index (χ2v) is 26.2. The molecule has 0 amide bonds. The van der Waals surface area contributed by atoms with Gasteiger partial charge in [-0.3, -0.25) is 0 Å². The van der Waals surface area contributed by atoms with E-state index in [0.29, 0.717) is 0 Å². The molecule has 14 aromatic rings. The second kappa shape index (κ2) is 18.4. The summed E-state index contributed by atoms with van der Waals surface area (Å²) in [6, 6.07) is 108. The number of thiophene rings is 1. The highest BCUT2D eigenvalue weighted by Crippen LogP contribution is 2.66. The lowest BCUT2D eigenvalue weighted by Crippen LogP contribution is -2.36. The molecule has 412 valence electrons. The van der Waals surface area contributed by atoms with Crippen LogP contribution in [0.1, 0.15) is 72.2 Å². The molecule has 1 aliphatic heterocycles. The van der Waals surface area contributed by atoms with Crippen LogP contribution in [-0.4, -0.2) is 0 Å². The van der Waals surface area contributed by atoms with Crippen molar-refractivity contribution >= 4 is 93.5 Å². The van der Waals surface area contributed by atoms with Crippen molar-refractivity contribution in [2.75, 3.05) is 14.7 Å². The molecule has 2 heterocycles. The highest BCUT2D eigenvalue weighted by atomic mass is 32.1. The maximum absolute atomic E-state index is 2.57. The largest absolute Gasteiger partial charge is 0.310 e. The number of benzene rings is 13. The fraction of sp³-hybridized carbons (Fsp3) is 0.0843. The lowest BCUT2D eigenvalue weighted by atomic mass is 9.64. The molecular weight excluding hydrogens is 1070 g/mol. The minimum absolute atomic E-state index is 0.112. The van der Waals surface area contributed by atoms with Gasteiger partial charge in [-0.25, -0.2) is 0 Å². The van der Waals surface area contributed by atoms with Crippen LogP contribution in [0.4, 0.5) is 51.2 Å². The van der Waals surface area contributed by atoms with E-state index < -0.39 is 5.41 Å². The Morgan fingerprint density at radius 3 is 1.69 bits per heavy atom. The predicted octanol–water partition coefficient (Wildman–Crippen LogP) is 22.9. The van der Waals surface area contributed by atoms with Crippen LogP contribution in [0.15, 0.2) is 285 Å². The average molecular weight is 1130 g/mol.